The molecule has 0 bridgehead atoms. The van der Waals surface area contributed by atoms with Crippen molar-refractivity contribution in [2.24, 2.45) is 5.92 Å². The highest BCUT2D eigenvalue weighted by atomic mass is 19.1. The van der Waals surface area contributed by atoms with E-state index < -0.39 is 11.6 Å². The van der Waals surface area contributed by atoms with E-state index in [-0.39, 0.29) is 23.5 Å². The van der Waals surface area contributed by atoms with E-state index in [0.29, 0.717) is 5.69 Å². The summed E-state index contributed by atoms with van der Waals surface area (Å²) in [6.07, 6.45) is 9.34. The summed E-state index contributed by atoms with van der Waals surface area (Å²) in [7, 11) is 0. The number of halogens is 2. The summed E-state index contributed by atoms with van der Waals surface area (Å²) in [5.41, 5.74) is 8.23. The number of allylic oxidation sites excluding steroid dienone is 2. The van der Waals surface area contributed by atoms with Crippen LogP contribution in [-0.4, -0.2) is 22.6 Å². The van der Waals surface area contributed by atoms with Gasteiger partial charge in [0, 0.05) is 17.7 Å². The monoisotopic (exact) mass is 384 g/mol. The average Bonchev–Trinajstić information content (AvgIpc) is 2.98. The quantitative estimate of drug-likeness (QED) is 0.780. The van der Waals surface area contributed by atoms with Gasteiger partial charge in [0.1, 0.15) is 11.5 Å². The van der Waals surface area contributed by atoms with Gasteiger partial charge in [-0.15, -0.1) is 0 Å². The summed E-state index contributed by atoms with van der Waals surface area (Å²) in [6.45, 7) is 3.03. The third kappa shape index (κ3) is 3.89. The molecule has 1 aromatic carbocycles. The molecule has 4 rings (SSSR count). The lowest BCUT2D eigenvalue weighted by Gasteiger charge is -2.27. The van der Waals surface area contributed by atoms with Crippen molar-refractivity contribution >= 4 is 11.5 Å². The minimum absolute atomic E-state index is 0.0970. The molecular formula is C21H22F2N4O. The van der Waals surface area contributed by atoms with Crippen LogP contribution in [0.2, 0.25) is 0 Å². The predicted octanol–water partition coefficient (Wildman–Crippen LogP) is 4.23. The normalized spacial score (nSPS) is 19.2. The van der Waals surface area contributed by atoms with E-state index in [1.165, 1.54) is 31.5 Å². The van der Waals surface area contributed by atoms with E-state index in [0.717, 1.165) is 35.7 Å². The van der Waals surface area contributed by atoms with Crippen molar-refractivity contribution in [3.8, 4) is 11.5 Å². The molecule has 1 saturated carbocycles. The maximum atomic E-state index is 14.0. The number of hydrogen-bond acceptors (Lipinski definition) is 5. The molecule has 0 spiro atoms. The summed E-state index contributed by atoms with van der Waals surface area (Å²) < 4.78 is 32.8. The second-order valence-corrected chi connectivity index (χ2v) is 7.31. The van der Waals surface area contributed by atoms with Gasteiger partial charge in [0.05, 0.1) is 6.20 Å². The second kappa shape index (κ2) is 7.67. The number of aromatic nitrogens is 2. The molecule has 2 aliphatic carbocycles. The van der Waals surface area contributed by atoms with Gasteiger partial charge in [0.15, 0.2) is 17.3 Å². The van der Waals surface area contributed by atoms with Crippen molar-refractivity contribution in [2.75, 3.05) is 12.3 Å². The number of nitrogens with zero attached hydrogens (tertiary/aromatic N) is 2. The highest BCUT2D eigenvalue weighted by Gasteiger charge is 2.23. The topological polar surface area (TPSA) is 73.1 Å². The van der Waals surface area contributed by atoms with Crippen molar-refractivity contribution in [1.82, 2.24) is 15.3 Å². The fourth-order valence-electron chi connectivity index (χ4n) is 3.39. The van der Waals surface area contributed by atoms with Crippen molar-refractivity contribution in [2.45, 2.75) is 32.2 Å². The smallest absolute Gasteiger partial charge is 0.220 e. The highest BCUT2D eigenvalue weighted by molar-refractivity contribution is 5.80. The van der Waals surface area contributed by atoms with Gasteiger partial charge in [-0.3, -0.25) is 0 Å². The third-order valence-electron chi connectivity index (χ3n) is 5.23. The standard InChI is InChI=1S/C21H22F2N4O/c1-12-7-14(8-17(12)25-10-13-3-2-4-13)20-19(11-26-21(24)27-20)28-18-6-5-15(22)9-16(18)23/h5-9,11,13,17,25H,2-4,10H2,1H3,(H2,24,26,27). The van der Waals surface area contributed by atoms with E-state index in [2.05, 4.69) is 21.4 Å². The van der Waals surface area contributed by atoms with Crippen LogP contribution in [0.3, 0.4) is 0 Å². The van der Waals surface area contributed by atoms with Crippen LogP contribution in [0.4, 0.5) is 14.7 Å². The van der Waals surface area contributed by atoms with Crippen molar-refractivity contribution in [3.63, 3.8) is 0 Å². The molecule has 28 heavy (non-hydrogen) atoms. The van der Waals surface area contributed by atoms with Crippen LogP contribution < -0.4 is 15.8 Å². The van der Waals surface area contributed by atoms with E-state index in [9.17, 15) is 8.78 Å². The van der Waals surface area contributed by atoms with Crippen LogP contribution in [-0.2, 0) is 0 Å². The molecular weight excluding hydrogens is 362 g/mol. The van der Waals surface area contributed by atoms with Crippen LogP contribution >= 0.6 is 0 Å². The zero-order valence-corrected chi connectivity index (χ0v) is 15.6. The third-order valence-corrected chi connectivity index (χ3v) is 5.23. The van der Waals surface area contributed by atoms with E-state index in [4.69, 9.17) is 10.5 Å². The molecule has 0 radical (unpaired) electrons. The molecule has 1 unspecified atom stereocenters. The molecule has 5 nitrogen and oxygen atoms in total. The first kappa shape index (κ1) is 18.6. The van der Waals surface area contributed by atoms with Crippen LogP contribution in [0.25, 0.3) is 5.57 Å². The first-order chi connectivity index (χ1) is 13.5. The number of nitrogens with one attached hydrogen (secondary N) is 1. The number of ether oxygens (including phenoxy) is 1. The Labute approximate surface area is 162 Å². The molecule has 3 N–H and O–H groups in total. The number of nitrogens with two attached hydrogens (primary N) is 1. The van der Waals surface area contributed by atoms with Crippen LogP contribution in [0.15, 0.2) is 42.1 Å². The summed E-state index contributed by atoms with van der Waals surface area (Å²) in [6, 6.07) is 3.25. The molecule has 146 valence electrons. The van der Waals surface area contributed by atoms with Gasteiger partial charge in [-0.05, 0) is 44.4 Å². The summed E-state index contributed by atoms with van der Waals surface area (Å²) in [5, 5.41) is 3.57. The number of nitrogen functional groups attached to an aromatic ring is 1. The van der Waals surface area contributed by atoms with Crippen LogP contribution in [0.1, 0.15) is 31.9 Å². The number of hydrogen-bond donors (Lipinski definition) is 2. The zero-order valence-electron chi connectivity index (χ0n) is 15.6. The maximum Gasteiger partial charge on any atom is 0.220 e. The van der Waals surface area contributed by atoms with Gasteiger partial charge in [-0.2, -0.15) is 0 Å². The molecule has 1 fully saturated rings. The first-order valence-corrected chi connectivity index (χ1v) is 9.39. The van der Waals surface area contributed by atoms with Crippen molar-refractivity contribution in [1.29, 1.82) is 0 Å². The SMILES string of the molecule is CC1=CC(c2nc(N)ncc2Oc2ccc(F)cc2F)=CC1NCC1CCC1. The lowest BCUT2D eigenvalue weighted by Crippen LogP contribution is -2.34. The highest BCUT2D eigenvalue weighted by Crippen LogP contribution is 2.35. The Bertz CT molecular complexity index is 953. The molecule has 1 heterocycles. The molecule has 1 atom stereocenters. The fourth-order valence-corrected chi connectivity index (χ4v) is 3.39. The van der Waals surface area contributed by atoms with E-state index in [1.54, 1.807) is 0 Å². The summed E-state index contributed by atoms with van der Waals surface area (Å²) >= 11 is 0. The molecule has 2 aromatic rings. The fraction of sp³-hybridized carbons (Fsp3) is 0.333. The average molecular weight is 384 g/mol. The Morgan fingerprint density at radius 2 is 2.07 bits per heavy atom. The Hall–Kier alpha value is -2.80. The maximum absolute atomic E-state index is 14.0. The van der Waals surface area contributed by atoms with Gasteiger partial charge < -0.3 is 15.8 Å². The zero-order chi connectivity index (χ0) is 19.7. The Morgan fingerprint density at radius 1 is 1.25 bits per heavy atom. The van der Waals surface area contributed by atoms with Gasteiger partial charge in [-0.1, -0.05) is 24.1 Å². The van der Waals surface area contributed by atoms with Gasteiger partial charge in [-0.25, -0.2) is 18.7 Å². The van der Waals surface area contributed by atoms with Crippen molar-refractivity contribution in [3.05, 3.63) is 59.4 Å². The van der Waals surface area contributed by atoms with Crippen LogP contribution in [0.5, 0.6) is 11.5 Å². The second-order valence-electron chi connectivity index (χ2n) is 7.31. The Morgan fingerprint density at radius 3 is 2.79 bits per heavy atom. The number of benzene rings is 1. The molecule has 7 heteroatoms. The molecule has 0 saturated heterocycles. The number of rotatable bonds is 6. The molecule has 0 amide bonds. The lowest BCUT2D eigenvalue weighted by atomic mass is 9.85. The molecule has 1 aromatic heterocycles. The van der Waals surface area contributed by atoms with E-state index in [1.807, 2.05) is 13.0 Å². The van der Waals surface area contributed by atoms with Gasteiger partial charge >= 0.3 is 0 Å². The minimum Gasteiger partial charge on any atom is -0.450 e. The van der Waals surface area contributed by atoms with Gasteiger partial charge in [0.2, 0.25) is 5.95 Å². The Kier molecular flexibility index (Phi) is 5.09. The first-order valence-electron chi connectivity index (χ1n) is 9.39. The number of anilines is 1. The van der Waals surface area contributed by atoms with Crippen molar-refractivity contribution < 1.29 is 13.5 Å². The van der Waals surface area contributed by atoms with E-state index >= 15 is 0 Å². The molecule has 2 aliphatic rings. The lowest BCUT2D eigenvalue weighted by molar-refractivity contribution is 0.299. The largest absolute Gasteiger partial charge is 0.450 e. The summed E-state index contributed by atoms with van der Waals surface area (Å²) in [4.78, 5) is 8.25. The minimum atomic E-state index is -0.796. The predicted molar refractivity (Wildman–Crippen MR) is 104 cm³/mol. The van der Waals surface area contributed by atoms with Gasteiger partial charge in [0.25, 0.3) is 0 Å². The molecule has 0 aliphatic heterocycles. The Balaban J connectivity index is 1.59. The summed E-state index contributed by atoms with van der Waals surface area (Å²) in [5.74, 6) is -0.462. The van der Waals surface area contributed by atoms with Crippen LogP contribution in [0, 0.1) is 17.6 Å².